The fourth-order valence-electron chi connectivity index (χ4n) is 3.74. The first-order valence-electron chi connectivity index (χ1n) is 8.48. The lowest BCUT2D eigenvalue weighted by Crippen LogP contribution is -2.46. The molecule has 6 heteroatoms. The second-order valence-corrected chi connectivity index (χ2v) is 7.90. The fourth-order valence-corrected chi connectivity index (χ4v) is 3.74. The number of carbonyl (C=O) groups excluding carboxylic acids is 3. The number of hydrogen-bond donors (Lipinski definition) is 0. The highest BCUT2D eigenvalue weighted by atomic mass is 16.6. The number of carboxylic acid groups (broad SMARTS) is 1. The fraction of sp³-hybridized carbons (Fsp3) is 0.526. The largest absolute Gasteiger partial charge is 0.545 e. The Morgan fingerprint density at radius 1 is 1.20 bits per heavy atom. The van der Waals surface area contributed by atoms with Crippen LogP contribution in [0.15, 0.2) is 18.2 Å². The Morgan fingerprint density at radius 2 is 1.84 bits per heavy atom. The molecule has 1 heterocycles. The first-order chi connectivity index (χ1) is 11.6. The lowest BCUT2D eigenvalue weighted by molar-refractivity contribution is -0.255. The molecule has 1 aromatic rings. The number of Topliss-reactive ketones (excluding diaryl/α,β-unsaturated/α-hetero) is 1. The number of nitrogens with zero attached hydrogens (tertiary/aromatic N) is 1. The molecule has 2 aliphatic rings. The van der Waals surface area contributed by atoms with E-state index in [4.69, 9.17) is 4.74 Å². The van der Waals surface area contributed by atoms with Crippen LogP contribution >= 0.6 is 0 Å². The lowest BCUT2D eigenvalue weighted by atomic mass is 9.73. The number of aromatic carboxylic acids is 1. The van der Waals surface area contributed by atoms with Crippen molar-refractivity contribution in [2.45, 2.75) is 51.0 Å². The third-order valence-corrected chi connectivity index (χ3v) is 5.00. The predicted octanol–water partition coefficient (Wildman–Crippen LogP) is 1.91. The first kappa shape index (κ1) is 17.5. The van der Waals surface area contributed by atoms with E-state index in [1.165, 1.54) is 6.07 Å². The number of fused-ring (bicyclic) bond motifs is 2. The zero-order valence-electron chi connectivity index (χ0n) is 14.8. The molecule has 0 bridgehead atoms. The Hall–Kier alpha value is -2.37. The molecule has 0 aromatic heterocycles. The van der Waals surface area contributed by atoms with Crippen molar-refractivity contribution >= 4 is 17.8 Å². The molecule has 0 atom stereocenters. The second kappa shape index (κ2) is 5.86. The highest BCUT2D eigenvalue weighted by molar-refractivity contribution is 6.03. The van der Waals surface area contributed by atoms with Crippen LogP contribution in [-0.2, 0) is 10.2 Å². The number of benzene rings is 1. The van der Waals surface area contributed by atoms with Gasteiger partial charge in [0.15, 0.2) is 5.78 Å². The van der Waals surface area contributed by atoms with Crippen LogP contribution in [0.3, 0.4) is 0 Å². The van der Waals surface area contributed by atoms with Crippen molar-refractivity contribution in [1.29, 1.82) is 0 Å². The number of hydrogen-bond acceptors (Lipinski definition) is 5. The Bertz CT molecular complexity index is 739. The Morgan fingerprint density at radius 3 is 2.40 bits per heavy atom. The number of amides is 1. The standard InChI is InChI=1S/C19H23NO5/c1-18(2,3)25-17(24)20-8-6-19(7-9-20)11-15(21)13-5-4-12(16(22)23)10-14(13)19/h4-5,10H,6-9,11H2,1-3H3,(H,22,23)/p-1. The number of ether oxygens (including phenoxy) is 1. The van der Waals surface area contributed by atoms with Crippen LogP contribution in [0.4, 0.5) is 4.79 Å². The van der Waals surface area contributed by atoms with Gasteiger partial charge in [0.25, 0.3) is 0 Å². The quantitative estimate of drug-likeness (QED) is 0.776. The van der Waals surface area contributed by atoms with Crippen LogP contribution in [0.1, 0.15) is 66.3 Å². The smallest absolute Gasteiger partial charge is 0.410 e. The summed E-state index contributed by atoms with van der Waals surface area (Å²) in [7, 11) is 0. The predicted molar refractivity (Wildman–Crippen MR) is 88.4 cm³/mol. The van der Waals surface area contributed by atoms with Crippen LogP contribution in [0.25, 0.3) is 0 Å². The van der Waals surface area contributed by atoms with Crippen molar-refractivity contribution in [3.8, 4) is 0 Å². The molecule has 1 aromatic carbocycles. The summed E-state index contributed by atoms with van der Waals surface area (Å²) in [4.78, 5) is 37.4. The van der Waals surface area contributed by atoms with Crippen LogP contribution in [0, 0.1) is 0 Å². The van der Waals surface area contributed by atoms with E-state index in [1.807, 2.05) is 20.8 Å². The molecule has 6 nitrogen and oxygen atoms in total. The summed E-state index contributed by atoms with van der Waals surface area (Å²) in [5, 5.41) is 11.2. The molecule has 1 aliphatic heterocycles. The molecule has 0 unspecified atom stereocenters. The van der Waals surface area contributed by atoms with Gasteiger partial charge in [-0.05, 0) is 50.8 Å². The zero-order chi connectivity index (χ0) is 18.4. The van der Waals surface area contributed by atoms with Gasteiger partial charge in [0.05, 0.1) is 5.97 Å². The number of carboxylic acids is 1. The SMILES string of the molecule is CC(C)(C)OC(=O)N1CCC2(CC1)CC(=O)c1ccc(C(=O)[O-])cc12. The Kier molecular flexibility index (Phi) is 4.09. The summed E-state index contributed by atoms with van der Waals surface area (Å²) in [6.45, 7) is 6.44. The van der Waals surface area contributed by atoms with Gasteiger partial charge in [0, 0.05) is 30.5 Å². The van der Waals surface area contributed by atoms with E-state index in [-0.39, 0.29) is 17.4 Å². The van der Waals surface area contributed by atoms with Gasteiger partial charge in [0.2, 0.25) is 0 Å². The summed E-state index contributed by atoms with van der Waals surface area (Å²) in [6.07, 6.45) is 1.24. The molecule has 0 N–H and O–H groups in total. The van der Waals surface area contributed by atoms with E-state index in [1.54, 1.807) is 17.0 Å². The maximum Gasteiger partial charge on any atom is 0.410 e. The molecular weight excluding hydrogens is 322 g/mol. The summed E-state index contributed by atoms with van der Waals surface area (Å²) in [5.41, 5.74) is 0.517. The maximum absolute atomic E-state index is 12.4. The molecule has 1 saturated heterocycles. The van der Waals surface area contributed by atoms with Crippen LogP contribution in [0.5, 0.6) is 0 Å². The normalized spacial score (nSPS) is 19.0. The van der Waals surface area contributed by atoms with Crippen molar-refractivity contribution < 1.29 is 24.2 Å². The molecule has 0 radical (unpaired) electrons. The first-order valence-corrected chi connectivity index (χ1v) is 8.48. The van der Waals surface area contributed by atoms with Gasteiger partial charge in [-0.25, -0.2) is 4.79 Å². The highest BCUT2D eigenvalue weighted by Crippen LogP contribution is 2.46. The average Bonchev–Trinajstić information content (AvgIpc) is 2.78. The molecular formula is C19H22NO5-. The summed E-state index contributed by atoms with van der Waals surface area (Å²) >= 11 is 0. The Balaban J connectivity index is 1.81. The van der Waals surface area contributed by atoms with Crippen LogP contribution < -0.4 is 5.11 Å². The van der Waals surface area contributed by atoms with E-state index < -0.39 is 17.0 Å². The monoisotopic (exact) mass is 344 g/mol. The molecule has 3 rings (SSSR count). The van der Waals surface area contributed by atoms with Gasteiger partial charge < -0.3 is 19.5 Å². The van der Waals surface area contributed by atoms with Crippen molar-refractivity contribution in [3.05, 3.63) is 34.9 Å². The number of piperidine rings is 1. The summed E-state index contributed by atoms with van der Waals surface area (Å²) < 4.78 is 5.40. The maximum atomic E-state index is 12.4. The zero-order valence-corrected chi connectivity index (χ0v) is 14.8. The van der Waals surface area contributed by atoms with Gasteiger partial charge in [-0.1, -0.05) is 12.1 Å². The third-order valence-electron chi connectivity index (χ3n) is 5.00. The molecule has 1 spiro atoms. The van der Waals surface area contributed by atoms with E-state index >= 15 is 0 Å². The lowest BCUT2D eigenvalue weighted by Gasteiger charge is -2.40. The average molecular weight is 344 g/mol. The third kappa shape index (κ3) is 3.25. The minimum absolute atomic E-state index is 0.0330. The molecule has 1 fully saturated rings. The van der Waals surface area contributed by atoms with E-state index in [0.29, 0.717) is 37.9 Å². The molecule has 1 amide bonds. The van der Waals surface area contributed by atoms with Gasteiger partial charge in [0.1, 0.15) is 5.60 Å². The van der Waals surface area contributed by atoms with Crippen molar-refractivity contribution in [2.24, 2.45) is 0 Å². The Labute approximate surface area is 146 Å². The number of carbonyl (C=O) groups is 3. The summed E-state index contributed by atoms with van der Waals surface area (Å²) in [6, 6.07) is 4.57. The number of ketones is 1. The second-order valence-electron chi connectivity index (χ2n) is 7.90. The van der Waals surface area contributed by atoms with Crippen LogP contribution in [0.2, 0.25) is 0 Å². The van der Waals surface area contributed by atoms with Gasteiger partial charge in [-0.15, -0.1) is 0 Å². The molecule has 0 saturated carbocycles. The van der Waals surface area contributed by atoms with Crippen molar-refractivity contribution in [2.75, 3.05) is 13.1 Å². The van der Waals surface area contributed by atoms with E-state index in [2.05, 4.69) is 0 Å². The van der Waals surface area contributed by atoms with Gasteiger partial charge in [-0.2, -0.15) is 0 Å². The van der Waals surface area contributed by atoms with Gasteiger partial charge in [-0.3, -0.25) is 4.79 Å². The number of likely N-dealkylation sites (tertiary alicyclic amines) is 1. The minimum atomic E-state index is -1.25. The number of rotatable bonds is 1. The van der Waals surface area contributed by atoms with E-state index in [0.717, 1.165) is 5.56 Å². The molecule has 1 aliphatic carbocycles. The highest BCUT2D eigenvalue weighted by Gasteiger charge is 2.46. The molecule has 134 valence electrons. The van der Waals surface area contributed by atoms with Crippen molar-refractivity contribution in [3.63, 3.8) is 0 Å². The van der Waals surface area contributed by atoms with Gasteiger partial charge >= 0.3 is 6.09 Å². The minimum Gasteiger partial charge on any atom is -0.545 e. The van der Waals surface area contributed by atoms with E-state index in [9.17, 15) is 19.5 Å². The molecule has 25 heavy (non-hydrogen) atoms. The van der Waals surface area contributed by atoms with Crippen LogP contribution in [-0.4, -0.2) is 41.4 Å². The topological polar surface area (TPSA) is 86.7 Å². The summed E-state index contributed by atoms with van der Waals surface area (Å²) in [5.74, 6) is -1.21. The van der Waals surface area contributed by atoms with Crippen molar-refractivity contribution in [1.82, 2.24) is 4.90 Å².